The number of aliphatic hydroxyl groups is 3. The van der Waals surface area contributed by atoms with E-state index < -0.39 is 48.1 Å². The number of hydrogen-bond acceptors (Lipinski definition) is 9. The Labute approximate surface area is 148 Å². The van der Waals surface area contributed by atoms with E-state index in [2.05, 4.69) is 5.32 Å². The Bertz CT molecular complexity index is 669. The number of carbonyl (C=O) groups excluding carboxylic acids is 1. The van der Waals surface area contributed by atoms with E-state index in [9.17, 15) is 30.2 Å². The molecule has 0 aliphatic carbocycles. The number of carbonyl (C=O) groups is 1. The molecule has 11 heteroatoms. The molecular weight excluding hydrogens is 352 g/mol. The van der Waals surface area contributed by atoms with Gasteiger partial charge in [0.15, 0.2) is 11.5 Å². The number of hydrogen-bond donors (Lipinski definition) is 4. The molecule has 144 valence electrons. The normalized spacial score (nSPS) is 28.3. The van der Waals surface area contributed by atoms with Crippen LogP contribution in [0.25, 0.3) is 0 Å². The maximum atomic E-state index is 11.4. The zero-order chi connectivity index (χ0) is 19.4. The highest BCUT2D eigenvalue weighted by molar-refractivity contribution is 5.73. The zero-order valence-corrected chi connectivity index (χ0v) is 14.1. The number of nitro benzene ring substituents is 1. The first-order valence-corrected chi connectivity index (χ1v) is 7.67. The summed E-state index contributed by atoms with van der Waals surface area (Å²) in [6, 6.07) is 2.45. The number of ether oxygens (including phenoxy) is 3. The number of nitro groups is 1. The Morgan fingerprint density at radius 2 is 2.04 bits per heavy atom. The van der Waals surface area contributed by atoms with Gasteiger partial charge in [-0.1, -0.05) is 0 Å². The summed E-state index contributed by atoms with van der Waals surface area (Å²) in [7, 11) is 1.29. The molecule has 0 spiro atoms. The maximum absolute atomic E-state index is 11.4. The smallest absolute Gasteiger partial charge is 0.273 e. The summed E-state index contributed by atoms with van der Waals surface area (Å²) in [4.78, 5) is 21.6. The van der Waals surface area contributed by atoms with Gasteiger partial charge < -0.3 is 34.8 Å². The molecule has 2 rings (SSSR count). The minimum atomic E-state index is -1.47. The Kier molecular flexibility index (Phi) is 6.32. The van der Waals surface area contributed by atoms with Crippen molar-refractivity contribution in [2.45, 2.75) is 37.6 Å². The van der Waals surface area contributed by atoms with Crippen LogP contribution in [0.3, 0.4) is 0 Å². The third-order valence-electron chi connectivity index (χ3n) is 3.85. The summed E-state index contributed by atoms with van der Waals surface area (Å²) in [5.41, 5.74) is -0.221. The summed E-state index contributed by atoms with van der Waals surface area (Å²) in [5.74, 6) is -0.416. The molecule has 5 atom stereocenters. The molecule has 1 aromatic carbocycles. The Balaban J connectivity index is 2.31. The molecule has 0 aromatic heterocycles. The van der Waals surface area contributed by atoms with Crippen molar-refractivity contribution in [2.75, 3.05) is 13.7 Å². The highest BCUT2D eigenvalue weighted by Gasteiger charge is 2.46. The molecule has 4 N–H and O–H groups in total. The number of methoxy groups -OCH3 is 1. The Morgan fingerprint density at radius 1 is 1.35 bits per heavy atom. The summed E-state index contributed by atoms with van der Waals surface area (Å²) >= 11 is 0. The molecule has 1 saturated heterocycles. The van der Waals surface area contributed by atoms with Gasteiger partial charge in [-0.3, -0.25) is 14.9 Å². The number of nitrogens with zero attached hydrogens (tertiary/aromatic N) is 1. The molecule has 1 amide bonds. The average molecular weight is 372 g/mol. The van der Waals surface area contributed by atoms with Crippen molar-refractivity contribution < 1.29 is 39.2 Å². The second-order valence-electron chi connectivity index (χ2n) is 5.64. The second kappa shape index (κ2) is 8.27. The van der Waals surface area contributed by atoms with Gasteiger partial charge >= 0.3 is 0 Å². The molecule has 1 aliphatic heterocycles. The second-order valence-corrected chi connectivity index (χ2v) is 5.64. The summed E-state index contributed by atoms with van der Waals surface area (Å²) in [6.07, 6.45) is -5.36. The molecule has 11 nitrogen and oxygen atoms in total. The topological polar surface area (TPSA) is 161 Å². The van der Waals surface area contributed by atoms with Crippen molar-refractivity contribution in [3.63, 3.8) is 0 Å². The van der Waals surface area contributed by atoms with E-state index >= 15 is 0 Å². The first-order valence-electron chi connectivity index (χ1n) is 7.67. The highest BCUT2D eigenvalue weighted by atomic mass is 16.7. The van der Waals surface area contributed by atoms with Crippen molar-refractivity contribution in [1.82, 2.24) is 5.32 Å². The molecular formula is C15H20N2O9. The van der Waals surface area contributed by atoms with Crippen LogP contribution in [0.15, 0.2) is 18.2 Å². The summed E-state index contributed by atoms with van der Waals surface area (Å²) < 4.78 is 16.1. The molecule has 0 unspecified atom stereocenters. The van der Waals surface area contributed by atoms with Gasteiger partial charge in [-0.05, 0) is 6.07 Å². The fraction of sp³-hybridized carbons (Fsp3) is 0.533. The van der Waals surface area contributed by atoms with Crippen molar-refractivity contribution in [3.05, 3.63) is 28.3 Å². The van der Waals surface area contributed by atoms with E-state index in [1.165, 1.54) is 26.2 Å². The van der Waals surface area contributed by atoms with Crippen molar-refractivity contribution >= 4 is 11.6 Å². The lowest BCUT2D eigenvalue weighted by Gasteiger charge is -2.42. The van der Waals surface area contributed by atoms with E-state index in [0.717, 1.165) is 6.07 Å². The lowest BCUT2D eigenvalue weighted by atomic mass is 9.97. The van der Waals surface area contributed by atoms with Crippen LogP contribution in [-0.2, 0) is 9.53 Å². The number of nitrogens with one attached hydrogen (secondary N) is 1. The molecule has 1 aromatic rings. The van der Waals surface area contributed by atoms with E-state index in [0.29, 0.717) is 0 Å². The first kappa shape index (κ1) is 19.8. The number of benzene rings is 1. The number of aliphatic hydroxyl groups excluding tert-OH is 3. The van der Waals surface area contributed by atoms with Crippen molar-refractivity contribution in [3.8, 4) is 11.5 Å². The average Bonchev–Trinajstić information content (AvgIpc) is 2.60. The lowest BCUT2D eigenvalue weighted by molar-refractivity contribution is -0.385. The third-order valence-corrected chi connectivity index (χ3v) is 3.85. The van der Waals surface area contributed by atoms with Crippen LogP contribution in [0.1, 0.15) is 6.92 Å². The van der Waals surface area contributed by atoms with Crippen LogP contribution in [-0.4, -0.2) is 70.5 Å². The minimum Gasteiger partial charge on any atom is -0.493 e. The standard InChI is InChI=1S/C15H20N2O9/c1-7(19)16-12-14(21)13(20)11(6-18)26-15(12)25-9-4-3-8(17(22)23)5-10(9)24-2/h3-5,11-15,18,20-21H,6H2,1-2H3,(H,16,19)/t11-,12-,13-,14-,15-/m1/s1. The monoisotopic (exact) mass is 372 g/mol. The molecule has 1 aliphatic rings. The molecule has 0 bridgehead atoms. The van der Waals surface area contributed by atoms with Gasteiger partial charge in [0, 0.05) is 13.0 Å². The molecule has 0 radical (unpaired) electrons. The fourth-order valence-electron chi connectivity index (χ4n) is 2.56. The van der Waals surface area contributed by atoms with Gasteiger partial charge in [-0.25, -0.2) is 0 Å². The zero-order valence-electron chi connectivity index (χ0n) is 14.1. The highest BCUT2D eigenvalue weighted by Crippen LogP contribution is 2.34. The van der Waals surface area contributed by atoms with Crippen LogP contribution in [0.4, 0.5) is 5.69 Å². The number of rotatable bonds is 6. The van der Waals surface area contributed by atoms with Gasteiger partial charge in [-0.15, -0.1) is 0 Å². The SMILES string of the molecule is COc1cc([N+](=O)[O-])ccc1O[C@@H]1O[C@H](CO)[C@@H](O)[C@H](O)[C@H]1NC(C)=O. The largest absolute Gasteiger partial charge is 0.493 e. The van der Waals surface area contributed by atoms with Crippen LogP contribution in [0, 0.1) is 10.1 Å². The van der Waals surface area contributed by atoms with E-state index in [1.54, 1.807) is 0 Å². The van der Waals surface area contributed by atoms with Crippen LogP contribution in [0.2, 0.25) is 0 Å². The fourth-order valence-corrected chi connectivity index (χ4v) is 2.56. The van der Waals surface area contributed by atoms with Gasteiger partial charge in [0.05, 0.1) is 24.7 Å². The Morgan fingerprint density at radius 3 is 2.58 bits per heavy atom. The van der Waals surface area contributed by atoms with Crippen molar-refractivity contribution in [1.29, 1.82) is 0 Å². The minimum absolute atomic E-state index is 0.0329. The first-order chi connectivity index (χ1) is 12.3. The predicted molar refractivity (Wildman–Crippen MR) is 85.6 cm³/mol. The van der Waals surface area contributed by atoms with Gasteiger partial charge in [0.25, 0.3) is 5.69 Å². The predicted octanol–water partition coefficient (Wildman–Crippen LogP) is -1.07. The van der Waals surface area contributed by atoms with E-state index in [1.807, 2.05) is 0 Å². The molecule has 1 heterocycles. The summed E-state index contributed by atoms with van der Waals surface area (Å²) in [5, 5.41) is 42.7. The van der Waals surface area contributed by atoms with Crippen LogP contribution < -0.4 is 14.8 Å². The maximum Gasteiger partial charge on any atom is 0.273 e. The Hall–Kier alpha value is -2.47. The number of amides is 1. The van der Waals surface area contributed by atoms with E-state index in [-0.39, 0.29) is 17.2 Å². The lowest BCUT2D eigenvalue weighted by Crippen LogP contribution is -2.65. The quantitative estimate of drug-likeness (QED) is 0.360. The third kappa shape index (κ3) is 4.19. The summed E-state index contributed by atoms with van der Waals surface area (Å²) in [6.45, 7) is 0.614. The van der Waals surface area contributed by atoms with Gasteiger partial charge in [0.2, 0.25) is 12.2 Å². The van der Waals surface area contributed by atoms with Gasteiger partial charge in [0.1, 0.15) is 24.4 Å². The molecule has 1 fully saturated rings. The van der Waals surface area contributed by atoms with Gasteiger partial charge in [-0.2, -0.15) is 0 Å². The van der Waals surface area contributed by atoms with Crippen LogP contribution in [0.5, 0.6) is 11.5 Å². The molecule has 26 heavy (non-hydrogen) atoms. The van der Waals surface area contributed by atoms with Crippen molar-refractivity contribution in [2.24, 2.45) is 0 Å². The van der Waals surface area contributed by atoms with Crippen LogP contribution >= 0.6 is 0 Å². The van der Waals surface area contributed by atoms with E-state index in [4.69, 9.17) is 14.2 Å². The molecule has 0 saturated carbocycles. The number of non-ortho nitro benzene ring substituents is 1.